The summed E-state index contributed by atoms with van der Waals surface area (Å²) in [6.07, 6.45) is -0.600. The average molecular weight is 288 g/mol. The number of nitrogens with zero attached hydrogens (tertiary/aromatic N) is 1. The van der Waals surface area contributed by atoms with E-state index in [9.17, 15) is 9.18 Å². The van der Waals surface area contributed by atoms with Crippen molar-refractivity contribution in [1.29, 1.82) is 0 Å². The van der Waals surface area contributed by atoms with Crippen molar-refractivity contribution >= 4 is 21.9 Å². The van der Waals surface area contributed by atoms with Gasteiger partial charge in [0, 0.05) is 10.9 Å². The molecule has 1 unspecified atom stereocenters. The van der Waals surface area contributed by atoms with E-state index in [0.29, 0.717) is 38.9 Å². The van der Waals surface area contributed by atoms with E-state index in [1.807, 2.05) is 0 Å². The Labute approximate surface area is 118 Å². The zero-order valence-electron chi connectivity index (χ0n) is 11.6. The number of furan rings is 1. The van der Waals surface area contributed by atoms with Crippen molar-refractivity contribution < 1.29 is 13.5 Å². The highest BCUT2D eigenvalue weighted by Crippen LogP contribution is 2.38. The third-order valence-electron chi connectivity index (χ3n) is 3.96. The molecule has 1 atom stereocenters. The van der Waals surface area contributed by atoms with Crippen LogP contribution in [0.1, 0.15) is 17.5 Å². The lowest BCUT2D eigenvalue weighted by Gasteiger charge is -2.26. The van der Waals surface area contributed by atoms with Crippen molar-refractivity contribution in [2.75, 3.05) is 6.61 Å². The SMILES string of the molecule is Cc1cc2c(=O)n3c4c(c(C)c(F)cc4c2o1)OCC3N. The van der Waals surface area contributed by atoms with Crippen molar-refractivity contribution in [2.45, 2.75) is 20.0 Å². The standard InChI is InChI=1S/C15H13FN2O3/c1-6-3-9-14(21-6)8-4-10(16)7(2)13-12(8)18(15(9)19)11(17)5-20-13/h3-4,11H,5,17H2,1-2H3. The molecule has 0 spiro atoms. The molecule has 0 saturated carbocycles. The van der Waals surface area contributed by atoms with Crippen LogP contribution in [-0.2, 0) is 0 Å². The van der Waals surface area contributed by atoms with Gasteiger partial charge in [-0.05, 0) is 26.0 Å². The zero-order valence-corrected chi connectivity index (χ0v) is 11.6. The average Bonchev–Trinajstić information content (AvgIpc) is 2.83. The van der Waals surface area contributed by atoms with Gasteiger partial charge in [-0.25, -0.2) is 4.39 Å². The molecule has 3 aromatic rings. The van der Waals surface area contributed by atoms with Gasteiger partial charge in [-0.15, -0.1) is 0 Å². The van der Waals surface area contributed by atoms with Crippen molar-refractivity contribution in [3.8, 4) is 5.75 Å². The molecular formula is C15H13FN2O3. The molecule has 6 heteroatoms. The van der Waals surface area contributed by atoms with Crippen LogP contribution in [0.4, 0.5) is 4.39 Å². The molecule has 0 radical (unpaired) electrons. The van der Waals surface area contributed by atoms with E-state index in [2.05, 4.69) is 0 Å². The number of nitrogens with two attached hydrogens (primary N) is 1. The molecule has 0 bridgehead atoms. The molecule has 1 aliphatic rings. The lowest BCUT2D eigenvalue weighted by atomic mass is 10.1. The first-order valence-corrected chi connectivity index (χ1v) is 6.65. The van der Waals surface area contributed by atoms with Gasteiger partial charge in [0.1, 0.15) is 35.7 Å². The van der Waals surface area contributed by atoms with Gasteiger partial charge in [0.05, 0.1) is 10.9 Å². The van der Waals surface area contributed by atoms with E-state index in [4.69, 9.17) is 14.9 Å². The molecule has 108 valence electrons. The molecule has 2 N–H and O–H groups in total. The third kappa shape index (κ3) is 1.45. The highest BCUT2D eigenvalue weighted by atomic mass is 19.1. The number of hydrogen-bond donors (Lipinski definition) is 1. The Morgan fingerprint density at radius 3 is 2.86 bits per heavy atom. The number of ether oxygens (including phenoxy) is 1. The summed E-state index contributed by atoms with van der Waals surface area (Å²) in [5.74, 6) is 0.561. The van der Waals surface area contributed by atoms with Gasteiger partial charge in [0.15, 0.2) is 0 Å². The molecule has 0 amide bonds. The van der Waals surface area contributed by atoms with Crippen LogP contribution in [0.25, 0.3) is 21.9 Å². The first-order valence-electron chi connectivity index (χ1n) is 6.65. The maximum absolute atomic E-state index is 14.1. The monoisotopic (exact) mass is 288 g/mol. The molecule has 4 rings (SSSR count). The van der Waals surface area contributed by atoms with E-state index < -0.39 is 12.0 Å². The second-order valence-corrected chi connectivity index (χ2v) is 5.36. The second-order valence-electron chi connectivity index (χ2n) is 5.36. The molecular weight excluding hydrogens is 275 g/mol. The quantitative estimate of drug-likeness (QED) is 0.689. The minimum Gasteiger partial charge on any atom is -0.487 e. The summed E-state index contributed by atoms with van der Waals surface area (Å²) in [4.78, 5) is 12.7. The van der Waals surface area contributed by atoms with Crippen LogP contribution in [0.5, 0.6) is 5.75 Å². The van der Waals surface area contributed by atoms with E-state index >= 15 is 0 Å². The van der Waals surface area contributed by atoms with Crippen molar-refractivity contribution in [2.24, 2.45) is 5.73 Å². The Balaban J connectivity index is 2.38. The summed E-state index contributed by atoms with van der Waals surface area (Å²) < 4.78 is 26.8. The first kappa shape index (κ1) is 12.4. The molecule has 2 aromatic heterocycles. The van der Waals surface area contributed by atoms with Crippen LogP contribution >= 0.6 is 0 Å². The molecule has 1 aliphatic heterocycles. The maximum atomic E-state index is 14.1. The summed E-state index contributed by atoms with van der Waals surface area (Å²) in [5, 5.41) is 0.914. The Bertz CT molecular complexity index is 971. The number of aryl methyl sites for hydroxylation is 1. The van der Waals surface area contributed by atoms with Crippen molar-refractivity contribution in [1.82, 2.24) is 4.57 Å². The molecule has 3 heterocycles. The van der Waals surface area contributed by atoms with Crippen LogP contribution in [0.15, 0.2) is 21.3 Å². The third-order valence-corrected chi connectivity index (χ3v) is 3.96. The Hall–Kier alpha value is -2.34. The van der Waals surface area contributed by atoms with Crippen LogP contribution in [0.2, 0.25) is 0 Å². The lowest BCUT2D eigenvalue weighted by molar-refractivity contribution is 0.235. The molecule has 0 aliphatic carbocycles. The van der Waals surface area contributed by atoms with Crippen LogP contribution in [0.3, 0.4) is 0 Å². The van der Waals surface area contributed by atoms with Crippen molar-refractivity contribution in [3.05, 3.63) is 39.6 Å². The number of aromatic nitrogens is 1. The van der Waals surface area contributed by atoms with E-state index in [1.54, 1.807) is 19.9 Å². The summed E-state index contributed by atoms with van der Waals surface area (Å²) in [6, 6.07) is 3.02. The highest BCUT2D eigenvalue weighted by Gasteiger charge is 2.27. The summed E-state index contributed by atoms with van der Waals surface area (Å²) in [6.45, 7) is 3.50. The van der Waals surface area contributed by atoms with Gasteiger partial charge in [-0.2, -0.15) is 0 Å². The van der Waals surface area contributed by atoms with Crippen LogP contribution in [0, 0.1) is 19.7 Å². The number of halogens is 1. The topological polar surface area (TPSA) is 70.4 Å². The Kier molecular flexibility index (Phi) is 2.28. The Morgan fingerprint density at radius 1 is 1.33 bits per heavy atom. The molecule has 0 fully saturated rings. The smallest absolute Gasteiger partial charge is 0.263 e. The van der Waals surface area contributed by atoms with E-state index in [-0.39, 0.29) is 12.2 Å². The van der Waals surface area contributed by atoms with Crippen molar-refractivity contribution in [3.63, 3.8) is 0 Å². The van der Waals surface area contributed by atoms with Gasteiger partial charge in [-0.3, -0.25) is 9.36 Å². The number of benzene rings is 1. The minimum absolute atomic E-state index is 0.134. The van der Waals surface area contributed by atoms with Gasteiger partial charge < -0.3 is 14.9 Å². The number of hydrogen-bond acceptors (Lipinski definition) is 4. The molecule has 5 nitrogen and oxygen atoms in total. The molecule has 21 heavy (non-hydrogen) atoms. The zero-order chi connectivity index (χ0) is 14.9. The van der Waals surface area contributed by atoms with Gasteiger partial charge in [0.2, 0.25) is 0 Å². The number of rotatable bonds is 0. The summed E-state index contributed by atoms with van der Waals surface area (Å²) in [7, 11) is 0. The van der Waals surface area contributed by atoms with Gasteiger partial charge in [-0.1, -0.05) is 0 Å². The summed E-state index contributed by atoms with van der Waals surface area (Å²) in [5.41, 5.74) is 7.01. The lowest BCUT2D eigenvalue weighted by Crippen LogP contribution is -2.37. The fraction of sp³-hybridized carbons (Fsp3) is 0.267. The maximum Gasteiger partial charge on any atom is 0.263 e. The predicted molar refractivity (Wildman–Crippen MR) is 76.1 cm³/mol. The number of pyridine rings is 1. The predicted octanol–water partition coefficient (Wildman–Crippen LogP) is 2.35. The minimum atomic E-state index is -0.600. The number of fused-ring (bicyclic) bond motifs is 2. The largest absolute Gasteiger partial charge is 0.487 e. The van der Waals surface area contributed by atoms with Crippen LogP contribution in [-0.4, -0.2) is 11.2 Å². The summed E-state index contributed by atoms with van der Waals surface area (Å²) >= 11 is 0. The second kappa shape index (κ2) is 3.85. The fourth-order valence-electron chi connectivity index (χ4n) is 2.96. The normalized spacial score (nSPS) is 17.4. The molecule has 1 aromatic carbocycles. The highest BCUT2D eigenvalue weighted by molar-refractivity contribution is 6.05. The van der Waals surface area contributed by atoms with Gasteiger partial charge in [0.25, 0.3) is 5.56 Å². The first-order chi connectivity index (χ1) is 9.99. The van der Waals surface area contributed by atoms with Crippen LogP contribution < -0.4 is 16.0 Å². The van der Waals surface area contributed by atoms with Gasteiger partial charge >= 0.3 is 0 Å². The molecule has 0 saturated heterocycles. The fourth-order valence-corrected chi connectivity index (χ4v) is 2.96. The van der Waals surface area contributed by atoms with E-state index in [1.165, 1.54) is 10.6 Å². The Morgan fingerprint density at radius 2 is 2.10 bits per heavy atom. The van der Waals surface area contributed by atoms with E-state index in [0.717, 1.165) is 0 Å².